The lowest BCUT2D eigenvalue weighted by Gasteiger charge is -2.21. The van der Waals surface area contributed by atoms with Crippen LogP contribution in [0.2, 0.25) is 0 Å². The van der Waals surface area contributed by atoms with E-state index in [0.29, 0.717) is 0 Å². The topological polar surface area (TPSA) is 50.2 Å². The number of halogens is 2. The Morgan fingerprint density at radius 1 is 1.08 bits per heavy atom. The molecular weight excluding hydrogens is 371 g/mol. The molecule has 7 heteroatoms. The highest BCUT2D eigenvalue weighted by Crippen LogP contribution is 2.27. The van der Waals surface area contributed by atoms with Gasteiger partial charge < -0.3 is 14.8 Å². The molecule has 0 radical (unpaired) electrons. The molecule has 0 spiro atoms. The van der Waals surface area contributed by atoms with Crippen molar-refractivity contribution in [2.75, 3.05) is 26.2 Å². The van der Waals surface area contributed by atoms with Gasteiger partial charge in [0, 0.05) is 37.6 Å². The normalized spacial score (nSPS) is 21.9. The molecule has 0 bridgehead atoms. The monoisotopic (exact) mass is 396 g/mol. The molecule has 1 aromatic heterocycles. The number of rotatable bonds is 3. The zero-order chi connectivity index (χ0) is 16.4. The SMILES string of the molecule is Cl.Cl.O=C(c1ccc(Cn2ccnc2)cc1)N1CC[C@@H]2CNC[C@@H]2CC1. The van der Waals surface area contributed by atoms with Crippen molar-refractivity contribution in [1.29, 1.82) is 0 Å². The molecule has 0 unspecified atom stereocenters. The zero-order valence-electron chi connectivity index (χ0n) is 14.7. The number of fused-ring (bicyclic) bond motifs is 1. The lowest BCUT2D eigenvalue weighted by Crippen LogP contribution is -2.32. The highest BCUT2D eigenvalue weighted by molar-refractivity contribution is 5.94. The first-order chi connectivity index (χ1) is 11.8. The van der Waals surface area contributed by atoms with Crippen molar-refractivity contribution in [2.24, 2.45) is 11.8 Å². The zero-order valence-corrected chi connectivity index (χ0v) is 16.3. The van der Waals surface area contributed by atoms with Crippen molar-refractivity contribution in [3.8, 4) is 0 Å². The average Bonchev–Trinajstić information content (AvgIpc) is 3.24. The molecule has 4 rings (SSSR count). The molecule has 5 nitrogen and oxygen atoms in total. The van der Waals surface area contributed by atoms with Crippen LogP contribution in [0, 0.1) is 11.8 Å². The molecule has 0 aliphatic carbocycles. The number of carbonyl (C=O) groups is 1. The molecule has 26 heavy (non-hydrogen) atoms. The molecule has 142 valence electrons. The van der Waals surface area contributed by atoms with E-state index in [1.807, 2.05) is 46.3 Å². The molecule has 2 aliphatic rings. The molecule has 1 amide bonds. The van der Waals surface area contributed by atoms with Gasteiger partial charge >= 0.3 is 0 Å². The Balaban J connectivity index is 0.00000121. The van der Waals surface area contributed by atoms with Crippen LogP contribution in [0.1, 0.15) is 28.8 Å². The maximum atomic E-state index is 12.8. The van der Waals surface area contributed by atoms with E-state index in [1.54, 1.807) is 6.20 Å². The number of aromatic nitrogens is 2. The summed E-state index contributed by atoms with van der Waals surface area (Å²) in [6.07, 6.45) is 7.79. The van der Waals surface area contributed by atoms with E-state index >= 15 is 0 Å². The van der Waals surface area contributed by atoms with Crippen LogP contribution in [0.4, 0.5) is 0 Å². The highest BCUT2D eigenvalue weighted by atomic mass is 35.5. The van der Waals surface area contributed by atoms with E-state index in [9.17, 15) is 4.79 Å². The smallest absolute Gasteiger partial charge is 0.253 e. The van der Waals surface area contributed by atoms with Gasteiger partial charge in [0.05, 0.1) is 6.33 Å². The number of imidazole rings is 1. The summed E-state index contributed by atoms with van der Waals surface area (Å²) in [6.45, 7) is 4.80. The second-order valence-corrected chi connectivity index (χ2v) is 6.98. The van der Waals surface area contributed by atoms with Gasteiger partial charge in [0.15, 0.2) is 0 Å². The third-order valence-corrected chi connectivity index (χ3v) is 5.43. The Hall–Kier alpha value is -1.56. The number of benzene rings is 1. The van der Waals surface area contributed by atoms with Gasteiger partial charge in [-0.05, 0) is 55.5 Å². The van der Waals surface area contributed by atoms with Gasteiger partial charge in [0.25, 0.3) is 5.91 Å². The predicted molar refractivity (Wildman–Crippen MR) is 107 cm³/mol. The molecule has 1 aromatic carbocycles. The van der Waals surface area contributed by atoms with E-state index in [4.69, 9.17) is 0 Å². The standard InChI is InChI=1S/C19H24N4O.2ClH/c24-19(23-8-5-17-11-21-12-18(17)6-9-23)16-3-1-15(2-4-16)13-22-10-7-20-14-22;;/h1-4,7,10,14,17-18,21H,5-6,8-9,11-13H2;2*1H/t17-,18+;;. The molecule has 2 aromatic rings. The van der Waals surface area contributed by atoms with Crippen LogP contribution in [0.15, 0.2) is 43.0 Å². The van der Waals surface area contributed by atoms with Crippen LogP contribution in [0.25, 0.3) is 0 Å². The van der Waals surface area contributed by atoms with Crippen LogP contribution < -0.4 is 5.32 Å². The van der Waals surface area contributed by atoms with Gasteiger partial charge in [-0.3, -0.25) is 4.79 Å². The summed E-state index contributed by atoms with van der Waals surface area (Å²) in [4.78, 5) is 18.9. The van der Waals surface area contributed by atoms with Gasteiger partial charge in [0.1, 0.15) is 0 Å². The van der Waals surface area contributed by atoms with Crippen molar-refractivity contribution in [3.05, 3.63) is 54.1 Å². The summed E-state index contributed by atoms with van der Waals surface area (Å²) >= 11 is 0. The molecule has 2 atom stereocenters. The first-order valence-electron chi connectivity index (χ1n) is 8.84. The van der Waals surface area contributed by atoms with Crippen molar-refractivity contribution >= 4 is 30.7 Å². The predicted octanol–water partition coefficient (Wildman–Crippen LogP) is 2.85. The Kier molecular flexibility index (Phi) is 7.50. The molecule has 0 saturated carbocycles. The minimum absolute atomic E-state index is 0. The fourth-order valence-electron chi connectivity index (χ4n) is 3.95. The lowest BCUT2D eigenvalue weighted by molar-refractivity contribution is 0.0758. The maximum Gasteiger partial charge on any atom is 0.253 e. The molecule has 2 saturated heterocycles. The molecule has 1 N–H and O–H groups in total. The first-order valence-corrected chi connectivity index (χ1v) is 8.84. The fraction of sp³-hybridized carbons (Fsp3) is 0.474. The summed E-state index contributed by atoms with van der Waals surface area (Å²) in [6, 6.07) is 8.01. The number of hydrogen-bond acceptors (Lipinski definition) is 3. The van der Waals surface area contributed by atoms with E-state index < -0.39 is 0 Å². The Bertz CT molecular complexity index is 676. The minimum atomic E-state index is 0. The van der Waals surface area contributed by atoms with Gasteiger partial charge in [-0.2, -0.15) is 0 Å². The van der Waals surface area contributed by atoms with Gasteiger partial charge in [-0.15, -0.1) is 24.8 Å². The highest BCUT2D eigenvalue weighted by Gasteiger charge is 2.31. The Labute approximate surface area is 167 Å². The van der Waals surface area contributed by atoms with E-state index in [1.165, 1.54) is 5.56 Å². The van der Waals surface area contributed by atoms with E-state index in [-0.39, 0.29) is 30.7 Å². The van der Waals surface area contributed by atoms with Crippen LogP contribution in [0.3, 0.4) is 0 Å². The van der Waals surface area contributed by atoms with Crippen molar-refractivity contribution in [2.45, 2.75) is 19.4 Å². The average molecular weight is 397 g/mol. The van der Waals surface area contributed by atoms with Crippen molar-refractivity contribution in [1.82, 2.24) is 19.8 Å². The fourth-order valence-corrected chi connectivity index (χ4v) is 3.95. The molecular formula is C19H26Cl2N4O. The first kappa shape index (κ1) is 20.7. The third kappa shape index (κ3) is 4.58. The number of nitrogens with zero attached hydrogens (tertiary/aromatic N) is 3. The van der Waals surface area contributed by atoms with Crippen LogP contribution in [-0.4, -0.2) is 46.5 Å². The number of amides is 1. The maximum absolute atomic E-state index is 12.8. The van der Waals surface area contributed by atoms with Crippen LogP contribution >= 0.6 is 24.8 Å². The molecule has 3 heterocycles. The third-order valence-electron chi connectivity index (χ3n) is 5.43. The Morgan fingerprint density at radius 2 is 1.73 bits per heavy atom. The minimum Gasteiger partial charge on any atom is -0.339 e. The van der Waals surface area contributed by atoms with Gasteiger partial charge in [-0.1, -0.05) is 12.1 Å². The van der Waals surface area contributed by atoms with Crippen LogP contribution in [-0.2, 0) is 6.54 Å². The van der Waals surface area contributed by atoms with Gasteiger partial charge in [0.2, 0.25) is 0 Å². The number of likely N-dealkylation sites (tertiary alicyclic amines) is 1. The summed E-state index contributed by atoms with van der Waals surface area (Å²) in [5.41, 5.74) is 1.98. The second kappa shape index (κ2) is 9.40. The van der Waals surface area contributed by atoms with Crippen molar-refractivity contribution in [3.63, 3.8) is 0 Å². The summed E-state index contributed by atoms with van der Waals surface area (Å²) in [5.74, 6) is 1.68. The van der Waals surface area contributed by atoms with Crippen molar-refractivity contribution < 1.29 is 4.79 Å². The van der Waals surface area contributed by atoms with E-state index in [0.717, 1.165) is 63.0 Å². The summed E-state index contributed by atoms with van der Waals surface area (Å²) < 4.78 is 2.03. The molecule has 2 fully saturated rings. The lowest BCUT2D eigenvalue weighted by atomic mass is 9.92. The number of nitrogens with one attached hydrogen (secondary N) is 1. The Morgan fingerprint density at radius 3 is 2.31 bits per heavy atom. The summed E-state index contributed by atoms with van der Waals surface area (Å²) in [7, 11) is 0. The van der Waals surface area contributed by atoms with Gasteiger partial charge in [-0.25, -0.2) is 4.98 Å². The number of hydrogen-bond donors (Lipinski definition) is 1. The van der Waals surface area contributed by atoms with E-state index in [2.05, 4.69) is 10.3 Å². The van der Waals surface area contributed by atoms with Crippen LogP contribution in [0.5, 0.6) is 0 Å². The molecule has 2 aliphatic heterocycles. The largest absolute Gasteiger partial charge is 0.339 e. The number of carbonyl (C=O) groups excluding carboxylic acids is 1. The summed E-state index contributed by atoms with van der Waals surface area (Å²) in [5, 5.41) is 3.48. The quantitative estimate of drug-likeness (QED) is 0.867. The second-order valence-electron chi connectivity index (χ2n) is 6.98.